The van der Waals surface area contributed by atoms with E-state index < -0.39 is 0 Å². The molecule has 2 atom stereocenters. The van der Waals surface area contributed by atoms with E-state index in [0.717, 1.165) is 18.7 Å². The van der Waals surface area contributed by atoms with Gasteiger partial charge >= 0.3 is 0 Å². The summed E-state index contributed by atoms with van der Waals surface area (Å²) in [6.07, 6.45) is 5.66. The Morgan fingerprint density at radius 1 is 1.28 bits per heavy atom. The van der Waals surface area contributed by atoms with Gasteiger partial charge in [-0.25, -0.2) is 4.98 Å². The molecule has 0 bridgehead atoms. The van der Waals surface area contributed by atoms with Crippen molar-refractivity contribution in [1.82, 2.24) is 9.55 Å². The van der Waals surface area contributed by atoms with E-state index in [0.29, 0.717) is 5.92 Å². The second-order valence-electron chi connectivity index (χ2n) is 4.75. The standard InChI is InChI=1S/C15H21N3/c1-3-13(12-7-5-4-6-8-12)14(16)11-15-17-9-10-18(15)2/h4-10,13-14H,3,11,16H2,1-2H3. The summed E-state index contributed by atoms with van der Waals surface area (Å²) in [5, 5.41) is 0. The van der Waals surface area contributed by atoms with Gasteiger partial charge in [-0.05, 0) is 17.9 Å². The van der Waals surface area contributed by atoms with Crippen molar-refractivity contribution in [3.63, 3.8) is 0 Å². The molecular formula is C15H21N3. The lowest BCUT2D eigenvalue weighted by atomic mass is 9.88. The van der Waals surface area contributed by atoms with Crippen molar-refractivity contribution in [1.29, 1.82) is 0 Å². The van der Waals surface area contributed by atoms with Crippen LogP contribution in [0.5, 0.6) is 0 Å². The summed E-state index contributed by atoms with van der Waals surface area (Å²) in [6, 6.07) is 10.6. The average molecular weight is 243 g/mol. The predicted molar refractivity (Wildman–Crippen MR) is 74.4 cm³/mol. The fraction of sp³-hybridized carbons (Fsp3) is 0.400. The largest absolute Gasteiger partial charge is 0.338 e. The van der Waals surface area contributed by atoms with Gasteiger partial charge in [-0.15, -0.1) is 0 Å². The zero-order valence-electron chi connectivity index (χ0n) is 11.1. The molecule has 1 heterocycles. The first-order valence-corrected chi connectivity index (χ1v) is 6.49. The van der Waals surface area contributed by atoms with Crippen molar-refractivity contribution in [2.24, 2.45) is 12.8 Å². The van der Waals surface area contributed by atoms with Gasteiger partial charge in [-0.1, -0.05) is 37.3 Å². The van der Waals surface area contributed by atoms with Crippen molar-refractivity contribution in [2.45, 2.75) is 31.7 Å². The van der Waals surface area contributed by atoms with Crippen LogP contribution in [0, 0.1) is 0 Å². The minimum absolute atomic E-state index is 0.110. The van der Waals surface area contributed by atoms with Gasteiger partial charge in [0.15, 0.2) is 0 Å². The summed E-state index contributed by atoms with van der Waals surface area (Å²) in [7, 11) is 2.01. The second-order valence-corrected chi connectivity index (χ2v) is 4.75. The molecule has 0 saturated heterocycles. The van der Waals surface area contributed by atoms with E-state index in [1.54, 1.807) is 0 Å². The Balaban J connectivity index is 2.11. The third-order valence-electron chi connectivity index (χ3n) is 3.52. The molecule has 1 aromatic carbocycles. The van der Waals surface area contributed by atoms with Gasteiger partial charge in [-0.3, -0.25) is 0 Å². The molecule has 0 aliphatic rings. The van der Waals surface area contributed by atoms with Gasteiger partial charge in [0.05, 0.1) is 0 Å². The molecule has 0 saturated carbocycles. The summed E-state index contributed by atoms with van der Waals surface area (Å²) in [4.78, 5) is 4.35. The third-order valence-corrected chi connectivity index (χ3v) is 3.52. The van der Waals surface area contributed by atoms with E-state index >= 15 is 0 Å². The monoisotopic (exact) mass is 243 g/mol. The lowest BCUT2D eigenvalue weighted by Crippen LogP contribution is -2.31. The summed E-state index contributed by atoms with van der Waals surface area (Å²) < 4.78 is 2.04. The van der Waals surface area contributed by atoms with E-state index in [9.17, 15) is 0 Å². The molecule has 0 aliphatic heterocycles. The maximum atomic E-state index is 6.37. The number of aryl methyl sites for hydroxylation is 1. The van der Waals surface area contributed by atoms with E-state index in [1.807, 2.05) is 30.1 Å². The van der Waals surface area contributed by atoms with Crippen LogP contribution in [0.3, 0.4) is 0 Å². The van der Waals surface area contributed by atoms with Crippen LogP contribution in [-0.2, 0) is 13.5 Å². The van der Waals surface area contributed by atoms with E-state index in [2.05, 4.69) is 36.2 Å². The molecule has 2 aromatic rings. The maximum Gasteiger partial charge on any atom is 0.109 e. The fourth-order valence-corrected chi connectivity index (χ4v) is 2.43. The Morgan fingerprint density at radius 2 is 2.00 bits per heavy atom. The summed E-state index contributed by atoms with van der Waals surface area (Å²) in [5.41, 5.74) is 7.69. The van der Waals surface area contributed by atoms with Crippen molar-refractivity contribution >= 4 is 0 Å². The van der Waals surface area contributed by atoms with Gasteiger partial charge < -0.3 is 10.3 Å². The summed E-state index contributed by atoms with van der Waals surface area (Å²) >= 11 is 0. The van der Waals surface area contributed by atoms with Gasteiger partial charge in [0.1, 0.15) is 5.82 Å². The van der Waals surface area contributed by atoms with Gasteiger partial charge in [-0.2, -0.15) is 0 Å². The van der Waals surface area contributed by atoms with Crippen LogP contribution in [0.15, 0.2) is 42.7 Å². The van der Waals surface area contributed by atoms with Crippen LogP contribution in [0.25, 0.3) is 0 Å². The Morgan fingerprint density at radius 3 is 2.56 bits per heavy atom. The van der Waals surface area contributed by atoms with Crippen LogP contribution in [0.4, 0.5) is 0 Å². The quantitative estimate of drug-likeness (QED) is 0.876. The first-order chi connectivity index (χ1) is 8.72. The lowest BCUT2D eigenvalue weighted by Gasteiger charge is -2.23. The highest BCUT2D eigenvalue weighted by atomic mass is 15.0. The Labute approximate surface area is 109 Å². The lowest BCUT2D eigenvalue weighted by molar-refractivity contribution is 0.500. The number of nitrogens with two attached hydrogens (primary N) is 1. The third kappa shape index (κ3) is 2.79. The minimum atomic E-state index is 0.110. The molecule has 0 amide bonds. The maximum absolute atomic E-state index is 6.37. The number of hydrogen-bond donors (Lipinski definition) is 1. The molecule has 2 unspecified atom stereocenters. The van der Waals surface area contributed by atoms with Crippen LogP contribution in [0.2, 0.25) is 0 Å². The number of benzene rings is 1. The van der Waals surface area contributed by atoms with Crippen LogP contribution >= 0.6 is 0 Å². The van der Waals surface area contributed by atoms with E-state index in [1.165, 1.54) is 5.56 Å². The van der Waals surface area contributed by atoms with Gasteiger partial charge in [0.2, 0.25) is 0 Å². The zero-order valence-corrected chi connectivity index (χ0v) is 11.1. The number of aromatic nitrogens is 2. The molecule has 2 rings (SSSR count). The average Bonchev–Trinajstić information content (AvgIpc) is 2.77. The highest BCUT2D eigenvalue weighted by Gasteiger charge is 2.19. The van der Waals surface area contributed by atoms with E-state index in [-0.39, 0.29) is 6.04 Å². The van der Waals surface area contributed by atoms with Gasteiger partial charge in [0.25, 0.3) is 0 Å². The highest BCUT2D eigenvalue weighted by molar-refractivity contribution is 5.21. The topological polar surface area (TPSA) is 43.8 Å². The summed E-state index contributed by atoms with van der Waals surface area (Å²) in [5.74, 6) is 1.44. The molecule has 3 heteroatoms. The first kappa shape index (κ1) is 12.8. The number of rotatable bonds is 5. The first-order valence-electron chi connectivity index (χ1n) is 6.49. The number of imidazole rings is 1. The van der Waals surface area contributed by atoms with E-state index in [4.69, 9.17) is 5.73 Å². The second kappa shape index (κ2) is 5.83. The van der Waals surface area contributed by atoms with Crippen molar-refractivity contribution in [2.75, 3.05) is 0 Å². The summed E-state index contributed by atoms with van der Waals surface area (Å²) in [6.45, 7) is 2.19. The van der Waals surface area contributed by atoms with Crippen LogP contribution < -0.4 is 5.73 Å². The van der Waals surface area contributed by atoms with Crippen LogP contribution in [-0.4, -0.2) is 15.6 Å². The highest BCUT2D eigenvalue weighted by Crippen LogP contribution is 2.23. The molecular weight excluding hydrogens is 222 g/mol. The molecule has 1 aromatic heterocycles. The molecule has 0 radical (unpaired) electrons. The molecule has 18 heavy (non-hydrogen) atoms. The SMILES string of the molecule is CCC(c1ccccc1)C(N)Cc1nccn1C. The van der Waals surface area contributed by atoms with Crippen molar-refractivity contribution in [3.8, 4) is 0 Å². The number of hydrogen-bond acceptors (Lipinski definition) is 2. The smallest absolute Gasteiger partial charge is 0.109 e. The van der Waals surface area contributed by atoms with Crippen molar-refractivity contribution < 1.29 is 0 Å². The van der Waals surface area contributed by atoms with Crippen molar-refractivity contribution in [3.05, 3.63) is 54.1 Å². The molecule has 0 fully saturated rings. The molecule has 96 valence electrons. The predicted octanol–water partition coefficient (Wildman–Crippen LogP) is 2.48. The molecule has 3 nitrogen and oxygen atoms in total. The Hall–Kier alpha value is -1.61. The Bertz CT molecular complexity index is 475. The van der Waals surface area contributed by atoms with Crippen LogP contribution in [0.1, 0.15) is 30.7 Å². The minimum Gasteiger partial charge on any atom is -0.338 e. The molecule has 0 aliphatic carbocycles. The van der Waals surface area contributed by atoms with Gasteiger partial charge in [0, 0.05) is 31.9 Å². The number of nitrogens with zero attached hydrogens (tertiary/aromatic N) is 2. The fourth-order valence-electron chi connectivity index (χ4n) is 2.43. The molecule has 0 spiro atoms. The normalized spacial score (nSPS) is 14.4. The molecule has 2 N–H and O–H groups in total. The Kier molecular flexibility index (Phi) is 4.15. The zero-order chi connectivity index (χ0) is 13.0.